The van der Waals surface area contributed by atoms with Crippen LogP contribution in [-0.2, 0) is 17.4 Å². The number of β-amino-alcohol motifs (C(OH)–C–C–N with tert-alkyl or cyclic N) is 1. The number of aliphatic hydroxyl groups excluding tert-OH is 1. The first-order valence-corrected chi connectivity index (χ1v) is 8.76. The number of hydrogen-bond acceptors (Lipinski definition) is 3. The molecule has 2 atom stereocenters. The van der Waals surface area contributed by atoms with Crippen LogP contribution in [0, 0.1) is 0 Å². The SMILES string of the molecule is O=C1NC(CCc2ccccc2)C(=O)N1CC(O)c1ccc(C(F)(F)F)cc1. The number of aryl methyl sites for hydroxylation is 1. The molecule has 0 saturated carbocycles. The Morgan fingerprint density at radius 2 is 1.68 bits per heavy atom. The fourth-order valence-corrected chi connectivity index (χ4v) is 3.07. The lowest BCUT2D eigenvalue weighted by atomic mass is 10.0. The monoisotopic (exact) mass is 392 g/mol. The van der Waals surface area contributed by atoms with Crippen molar-refractivity contribution in [2.45, 2.75) is 31.2 Å². The van der Waals surface area contributed by atoms with Gasteiger partial charge in [0.1, 0.15) is 6.04 Å². The molecule has 1 saturated heterocycles. The number of aliphatic hydroxyl groups is 1. The van der Waals surface area contributed by atoms with E-state index in [1.165, 1.54) is 0 Å². The molecule has 8 heteroatoms. The van der Waals surface area contributed by atoms with Gasteiger partial charge in [0.05, 0.1) is 18.2 Å². The van der Waals surface area contributed by atoms with Crippen LogP contribution in [0.25, 0.3) is 0 Å². The van der Waals surface area contributed by atoms with Crippen molar-refractivity contribution in [3.05, 3.63) is 71.3 Å². The van der Waals surface area contributed by atoms with Gasteiger partial charge in [-0.15, -0.1) is 0 Å². The highest BCUT2D eigenvalue weighted by Crippen LogP contribution is 2.30. The highest BCUT2D eigenvalue weighted by molar-refractivity contribution is 6.04. The first kappa shape index (κ1) is 19.9. The molecule has 1 aliphatic rings. The van der Waals surface area contributed by atoms with Crippen molar-refractivity contribution in [3.8, 4) is 0 Å². The van der Waals surface area contributed by atoms with Crippen molar-refractivity contribution >= 4 is 11.9 Å². The van der Waals surface area contributed by atoms with Gasteiger partial charge in [0.15, 0.2) is 0 Å². The number of nitrogens with zero attached hydrogens (tertiary/aromatic N) is 1. The van der Waals surface area contributed by atoms with Gasteiger partial charge in [0.2, 0.25) is 0 Å². The van der Waals surface area contributed by atoms with E-state index in [0.29, 0.717) is 12.8 Å². The van der Waals surface area contributed by atoms with Gasteiger partial charge in [-0.2, -0.15) is 13.2 Å². The highest BCUT2D eigenvalue weighted by Gasteiger charge is 2.38. The van der Waals surface area contributed by atoms with Gasteiger partial charge in [-0.1, -0.05) is 42.5 Å². The summed E-state index contributed by atoms with van der Waals surface area (Å²) >= 11 is 0. The largest absolute Gasteiger partial charge is 0.416 e. The Balaban J connectivity index is 1.60. The molecule has 3 amide bonds. The lowest BCUT2D eigenvalue weighted by molar-refractivity contribution is -0.137. The molecule has 0 bridgehead atoms. The summed E-state index contributed by atoms with van der Waals surface area (Å²) in [6, 6.07) is 12.2. The Morgan fingerprint density at radius 3 is 2.29 bits per heavy atom. The number of benzene rings is 2. The molecule has 2 aromatic rings. The zero-order chi connectivity index (χ0) is 20.3. The van der Waals surface area contributed by atoms with Crippen LogP contribution in [0.2, 0.25) is 0 Å². The maximum Gasteiger partial charge on any atom is 0.416 e. The van der Waals surface area contributed by atoms with Gasteiger partial charge < -0.3 is 10.4 Å². The summed E-state index contributed by atoms with van der Waals surface area (Å²) in [4.78, 5) is 25.5. The predicted octanol–water partition coefficient (Wildman–Crippen LogP) is 3.29. The molecule has 0 radical (unpaired) electrons. The number of hydrogen-bond donors (Lipinski definition) is 2. The molecule has 2 N–H and O–H groups in total. The zero-order valence-corrected chi connectivity index (χ0v) is 14.8. The van der Waals surface area contributed by atoms with Crippen molar-refractivity contribution in [2.75, 3.05) is 6.54 Å². The molecule has 1 heterocycles. The van der Waals surface area contributed by atoms with E-state index in [4.69, 9.17) is 0 Å². The van der Waals surface area contributed by atoms with E-state index in [-0.39, 0.29) is 12.1 Å². The van der Waals surface area contributed by atoms with E-state index < -0.39 is 35.8 Å². The second-order valence-corrected chi connectivity index (χ2v) is 6.61. The van der Waals surface area contributed by atoms with E-state index in [2.05, 4.69) is 5.32 Å². The molecule has 5 nitrogen and oxygen atoms in total. The number of carbonyl (C=O) groups excluding carboxylic acids is 2. The van der Waals surface area contributed by atoms with Crippen molar-refractivity contribution in [1.29, 1.82) is 0 Å². The quantitative estimate of drug-likeness (QED) is 0.742. The number of carbonyl (C=O) groups is 2. The topological polar surface area (TPSA) is 69.6 Å². The van der Waals surface area contributed by atoms with Gasteiger partial charge in [-0.05, 0) is 36.1 Å². The van der Waals surface area contributed by atoms with Gasteiger partial charge in [-0.25, -0.2) is 4.79 Å². The molecule has 0 spiro atoms. The summed E-state index contributed by atoms with van der Waals surface area (Å²) in [7, 11) is 0. The number of amides is 3. The zero-order valence-electron chi connectivity index (χ0n) is 14.8. The maximum absolute atomic E-state index is 12.6. The third-order valence-electron chi connectivity index (χ3n) is 4.65. The normalized spacial score (nSPS) is 18.3. The van der Waals surface area contributed by atoms with Gasteiger partial charge in [0, 0.05) is 0 Å². The van der Waals surface area contributed by atoms with Crippen LogP contribution >= 0.6 is 0 Å². The van der Waals surface area contributed by atoms with Crippen LogP contribution in [0.3, 0.4) is 0 Å². The minimum Gasteiger partial charge on any atom is -0.387 e. The molecule has 2 unspecified atom stereocenters. The van der Waals surface area contributed by atoms with E-state index in [9.17, 15) is 27.9 Å². The molecule has 2 aromatic carbocycles. The molecular formula is C20H19F3N2O3. The van der Waals surface area contributed by atoms with Crippen LogP contribution in [0.5, 0.6) is 0 Å². The lowest BCUT2D eigenvalue weighted by Crippen LogP contribution is -2.35. The fraction of sp³-hybridized carbons (Fsp3) is 0.300. The van der Waals surface area contributed by atoms with Crippen LogP contribution < -0.4 is 5.32 Å². The predicted molar refractivity (Wildman–Crippen MR) is 95.2 cm³/mol. The summed E-state index contributed by atoms with van der Waals surface area (Å²) < 4.78 is 37.9. The van der Waals surface area contributed by atoms with E-state index in [0.717, 1.165) is 34.7 Å². The van der Waals surface area contributed by atoms with E-state index in [1.807, 2.05) is 30.3 Å². The van der Waals surface area contributed by atoms with Crippen molar-refractivity contribution in [3.63, 3.8) is 0 Å². The second-order valence-electron chi connectivity index (χ2n) is 6.61. The summed E-state index contributed by atoms with van der Waals surface area (Å²) in [5.41, 5.74) is 0.397. The molecule has 0 aromatic heterocycles. The van der Waals surface area contributed by atoms with Crippen molar-refractivity contribution < 1.29 is 27.9 Å². The summed E-state index contributed by atoms with van der Waals surface area (Å²) in [6.45, 7) is -0.322. The minimum atomic E-state index is -4.47. The highest BCUT2D eigenvalue weighted by atomic mass is 19.4. The van der Waals surface area contributed by atoms with E-state index in [1.54, 1.807) is 0 Å². The first-order valence-electron chi connectivity index (χ1n) is 8.76. The summed E-state index contributed by atoms with van der Waals surface area (Å²) in [5.74, 6) is -0.452. The van der Waals surface area contributed by atoms with Gasteiger partial charge >= 0.3 is 12.2 Å². The minimum absolute atomic E-state index is 0.196. The number of rotatable bonds is 6. The van der Waals surface area contributed by atoms with Crippen molar-refractivity contribution in [2.24, 2.45) is 0 Å². The lowest BCUT2D eigenvalue weighted by Gasteiger charge is -2.18. The Hall–Kier alpha value is -2.87. The fourth-order valence-electron chi connectivity index (χ4n) is 3.07. The third kappa shape index (κ3) is 4.51. The first-order chi connectivity index (χ1) is 13.3. The van der Waals surface area contributed by atoms with Crippen LogP contribution in [0.4, 0.5) is 18.0 Å². The molecule has 148 valence electrons. The van der Waals surface area contributed by atoms with Crippen molar-refractivity contribution in [1.82, 2.24) is 10.2 Å². The van der Waals surface area contributed by atoms with Gasteiger partial charge in [0.25, 0.3) is 5.91 Å². The Labute approximate surface area is 159 Å². The Morgan fingerprint density at radius 1 is 1.04 bits per heavy atom. The van der Waals surface area contributed by atoms with Gasteiger partial charge in [-0.3, -0.25) is 9.69 Å². The number of imide groups is 1. The molecule has 0 aliphatic carbocycles. The average Bonchev–Trinajstić information content (AvgIpc) is 2.94. The number of nitrogens with one attached hydrogen (secondary N) is 1. The molecule has 1 fully saturated rings. The average molecular weight is 392 g/mol. The standard InChI is InChI=1S/C20H19F3N2O3/c21-20(22,23)15-9-7-14(8-10-15)17(26)12-25-18(27)16(24-19(25)28)11-6-13-4-2-1-3-5-13/h1-5,7-10,16-17,26H,6,11-12H2,(H,24,28). The number of alkyl halides is 3. The summed E-state index contributed by atoms with van der Waals surface area (Å²) in [5, 5.41) is 12.8. The van der Waals surface area contributed by atoms with Crippen LogP contribution in [-0.4, -0.2) is 34.5 Å². The van der Waals surface area contributed by atoms with E-state index >= 15 is 0 Å². The molecule has 28 heavy (non-hydrogen) atoms. The maximum atomic E-state index is 12.6. The Bertz CT molecular complexity index is 838. The molecular weight excluding hydrogens is 373 g/mol. The smallest absolute Gasteiger partial charge is 0.387 e. The summed E-state index contributed by atoms with van der Waals surface area (Å²) in [6.07, 6.45) is -4.72. The molecule has 1 aliphatic heterocycles. The molecule has 3 rings (SSSR count). The number of urea groups is 1. The van der Waals surface area contributed by atoms with Crippen LogP contribution in [0.1, 0.15) is 29.2 Å². The Kier molecular flexibility index (Phi) is 5.69. The van der Waals surface area contributed by atoms with Crippen LogP contribution in [0.15, 0.2) is 54.6 Å². The number of halogens is 3. The second kappa shape index (κ2) is 8.02. The third-order valence-corrected chi connectivity index (χ3v) is 4.65.